The predicted molar refractivity (Wildman–Crippen MR) is 167 cm³/mol. The minimum absolute atomic E-state index is 0.0334. The molecule has 2 aromatic heterocycles. The molecule has 53 heavy (non-hydrogen) atoms. The number of pyridine rings is 1. The number of halogens is 5. The molecule has 1 fully saturated rings. The number of rotatable bonds is 13. The fraction of sp³-hybridized carbons (Fsp3) is 0.467. The van der Waals surface area contributed by atoms with Crippen molar-refractivity contribution in [2.24, 2.45) is 0 Å². The fourth-order valence-electron chi connectivity index (χ4n) is 5.23. The van der Waals surface area contributed by atoms with Gasteiger partial charge < -0.3 is 50.0 Å². The van der Waals surface area contributed by atoms with Crippen molar-refractivity contribution in [2.75, 3.05) is 30.9 Å². The number of amides is 2. The summed E-state index contributed by atoms with van der Waals surface area (Å²) in [6.07, 6.45) is -15.9. The van der Waals surface area contributed by atoms with Crippen LogP contribution in [0.25, 0.3) is 5.69 Å². The first-order valence-corrected chi connectivity index (χ1v) is 15.3. The van der Waals surface area contributed by atoms with Crippen LogP contribution < -0.4 is 20.3 Å². The molecule has 1 aliphatic heterocycles. The Labute approximate surface area is 295 Å². The Morgan fingerprint density at radius 2 is 1.89 bits per heavy atom. The Kier molecular flexibility index (Phi) is 12.4. The van der Waals surface area contributed by atoms with Crippen molar-refractivity contribution in [3.63, 3.8) is 0 Å². The van der Waals surface area contributed by atoms with Crippen molar-refractivity contribution < 1.29 is 76.1 Å². The molecule has 0 spiro atoms. The number of nitrogens with zero attached hydrogens (tertiary/aromatic N) is 5. The number of anilines is 2. The van der Waals surface area contributed by atoms with Crippen molar-refractivity contribution in [2.45, 2.75) is 68.8 Å². The number of benzene rings is 1. The van der Waals surface area contributed by atoms with E-state index in [-0.39, 0.29) is 22.9 Å². The summed E-state index contributed by atoms with van der Waals surface area (Å²) in [6.45, 7) is -0.571. The van der Waals surface area contributed by atoms with Gasteiger partial charge in [-0.05, 0) is 24.3 Å². The maximum Gasteiger partial charge on any atom is 0.420 e. The summed E-state index contributed by atoms with van der Waals surface area (Å²) in [7, 11) is 2.72. The molecule has 23 heteroatoms. The highest BCUT2D eigenvalue weighted by molar-refractivity contribution is 5.84. The molecule has 0 unspecified atom stereocenters. The zero-order valence-corrected chi connectivity index (χ0v) is 27.9. The van der Waals surface area contributed by atoms with Crippen LogP contribution in [0.3, 0.4) is 0 Å². The molecule has 0 radical (unpaired) electrons. The fourth-order valence-corrected chi connectivity index (χ4v) is 5.23. The van der Waals surface area contributed by atoms with E-state index < -0.39 is 103 Å². The second kappa shape index (κ2) is 16.2. The number of nitrogens with one attached hydrogen (secondary N) is 2. The molecule has 1 aliphatic rings. The second-order valence-electron chi connectivity index (χ2n) is 11.8. The van der Waals surface area contributed by atoms with E-state index in [1.807, 2.05) is 0 Å². The predicted octanol–water partition coefficient (Wildman–Crippen LogP) is 0.962. The second-order valence-corrected chi connectivity index (χ2v) is 11.8. The number of carbonyl (C=O) groups excluding carboxylic acids is 2. The molecule has 0 saturated carbocycles. The van der Waals surface area contributed by atoms with E-state index in [9.17, 15) is 61.9 Å². The summed E-state index contributed by atoms with van der Waals surface area (Å²) in [5.41, 5.74) is -2.45. The molecular weight excluding hydrogens is 729 g/mol. The third-order valence-corrected chi connectivity index (χ3v) is 7.69. The molecule has 4 rings (SSSR count). The summed E-state index contributed by atoms with van der Waals surface area (Å²) in [4.78, 5) is 41.4. The quantitative estimate of drug-likeness (QED) is 0.120. The van der Waals surface area contributed by atoms with Gasteiger partial charge in [0.25, 0.3) is 6.43 Å². The Morgan fingerprint density at radius 1 is 1.19 bits per heavy atom. The Hall–Kier alpha value is -5.23. The average Bonchev–Trinajstić information content (AvgIpc) is 3.56. The first-order chi connectivity index (χ1) is 24.8. The van der Waals surface area contributed by atoms with Crippen molar-refractivity contribution in [3.05, 3.63) is 53.5 Å². The van der Waals surface area contributed by atoms with E-state index in [0.717, 1.165) is 47.1 Å². The minimum Gasteiger partial charge on any atom is -0.476 e. The third-order valence-electron chi connectivity index (χ3n) is 7.69. The SMILES string of the molecule is CC(=O)N[C@H]1[C@H]([C@H](O)[C@H](O)CO)O[C@@](Oc2ccc(-n3cc(COC(=O)Nc4cnc(N(C)C)c(C(F)(F)F)c4)nn3)cc2C(F)F)(C(=O)O)C[C@@H]1O. The van der Waals surface area contributed by atoms with E-state index in [1.165, 1.54) is 14.1 Å². The lowest BCUT2D eigenvalue weighted by Crippen LogP contribution is -2.68. The molecule has 7 N–H and O–H groups in total. The minimum atomic E-state index is -4.78. The smallest absolute Gasteiger partial charge is 0.420 e. The number of aliphatic hydroxyl groups is 4. The highest BCUT2D eigenvalue weighted by Crippen LogP contribution is 2.39. The number of carbonyl (C=O) groups is 3. The normalized spacial score (nSPS) is 21.4. The number of hydrogen-bond acceptors (Lipinski definition) is 14. The van der Waals surface area contributed by atoms with E-state index in [2.05, 4.69) is 25.9 Å². The van der Waals surface area contributed by atoms with Gasteiger partial charge in [0.05, 0.1) is 54.5 Å². The largest absolute Gasteiger partial charge is 0.476 e. The van der Waals surface area contributed by atoms with Gasteiger partial charge in [0, 0.05) is 21.0 Å². The Bertz CT molecular complexity index is 1800. The van der Waals surface area contributed by atoms with Gasteiger partial charge in [0.1, 0.15) is 47.7 Å². The Morgan fingerprint density at radius 3 is 2.47 bits per heavy atom. The van der Waals surface area contributed by atoms with Crippen molar-refractivity contribution in [1.29, 1.82) is 0 Å². The number of carboxylic acids is 1. The van der Waals surface area contributed by atoms with Gasteiger partial charge >= 0.3 is 24.0 Å². The molecular formula is C30H34F5N7O11. The van der Waals surface area contributed by atoms with Crippen LogP contribution in [0.4, 0.5) is 38.3 Å². The van der Waals surface area contributed by atoms with Crippen molar-refractivity contribution in [3.8, 4) is 11.4 Å². The number of aliphatic carboxylic acids is 1. The van der Waals surface area contributed by atoms with Crippen LogP contribution in [0, 0.1) is 0 Å². The summed E-state index contributed by atoms with van der Waals surface area (Å²) < 4.78 is 86.0. The van der Waals surface area contributed by atoms with Crippen LogP contribution >= 0.6 is 0 Å². The molecule has 3 aromatic rings. The molecule has 1 aromatic carbocycles. The third kappa shape index (κ3) is 9.42. The van der Waals surface area contributed by atoms with Crippen LogP contribution in [-0.2, 0) is 31.8 Å². The first kappa shape index (κ1) is 40.5. The van der Waals surface area contributed by atoms with E-state index in [4.69, 9.17) is 14.2 Å². The molecule has 18 nitrogen and oxygen atoms in total. The lowest BCUT2D eigenvalue weighted by atomic mass is 9.88. The Balaban J connectivity index is 1.52. The van der Waals surface area contributed by atoms with Crippen LogP contribution in [0.1, 0.15) is 36.6 Å². The highest BCUT2D eigenvalue weighted by atomic mass is 19.4. The lowest BCUT2D eigenvalue weighted by molar-refractivity contribution is -0.284. The van der Waals surface area contributed by atoms with Crippen LogP contribution in [0.15, 0.2) is 36.7 Å². The van der Waals surface area contributed by atoms with Gasteiger partial charge in [-0.25, -0.2) is 28.0 Å². The number of ether oxygens (including phenoxy) is 3. The molecule has 6 atom stereocenters. The van der Waals surface area contributed by atoms with E-state index in [0.29, 0.717) is 6.07 Å². The molecule has 290 valence electrons. The number of aromatic nitrogens is 4. The molecule has 0 aliphatic carbocycles. The van der Waals surface area contributed by atoms with E-state index in [1.54, 1.807) is 0 Å². The first-order valence-electron chi connectivity index (χ1n) is 15.3. The van der Waals surface area contributed by atoms with Crippen molar-refractivity contribution >= 4 is 29.5 Å². The summed E-state index contributed by atoms with van der Waals surface area (Å²) in [6, 6.07) is 2.04. The summed E-state index contributed by atoms with van der Waals surface area (Å²) in [5, 5.41) is 62.7. The van der Waals surface area contributed by atoms with Crippen LogP contribution in [-0.4, -0.2) is 120 Å². The number of aliphatic hydroxyl groups excluding tert-OH is 4. The topological polar surface area (TPSA) is 251 Å². The van der Waals surface area contributed by atoms with Gasteiger partial charge in [-0.15, -0.1) is 5.10 Å². The molecule has 3 heterocycles. The average molecular weight is 764 g/mol. The zero-order chi connectivity index (χ0) is 39.4. The molecule has 1 saturated heterocycles. The number of alkyl halides is 5. The van der Waals surface area contributed by atoms with Gasteiger partial charge in [-0.3, -0.25) is 10.1 Å². The van der Waals surface area contributed by atoms with E-state index >= 15 is 0 Å². The highest BCUT2D eigenvalue weighted by Gasteiger charge is 2.57. The molecule has 0 bridgehead atoms. The zero-order valence-electron chi connectivity index (χ0n) is 27.9. The summed E-state index contributed by atoms with van der Waals surface area (Å²) in [5.74, 6) is -6.78. The molecule has 2 amide bonds. The van der Waals surface area contributed by atoms with Crippen LogP contribution in [0.2, 0.25) is 0 Å². The summed E-state index contributed by atoms with van der Waals surface area (Å²) >= 11 is 0. The van der Waals surface area contributed by atoms with Gasteiger partial charge in [0.15, 0.2) is 0 Å². The standard InChI is InChI=1S/C30H34F5N7O11/c1-13(44)37-22-19(45)8-29(27(48)49,53-24(22)23(47)20(46)11-43)52-21-5-4-16(7-17(21)25(31)32)42-10-15(39-40-42)12-51-28(50)38-14-6-18(30(33,34)35)26(36-9-14)41(2)3/h4-7,9-10,19-20,22-25,43,45-47H,8,11-12H2,1-3H3,(H,37,44)(H,38,50)(H,48,49)/t19-,20+,22+,23+,24+,29+/m0/s1. The maximum absolute atomic E-state index is 14.3. The van der Waals surface area contributed by atoms with Gasteiger partial charge in [-0.1, -0.05) is 5.21 Å². The maximum atomic E-state index is 14.3. The lowest BCUT2D eigenvalue weighted by Gasteiger charge is -2.46. The van der Waals surface area contributed by atoms with Crippen molar-refractivity contribution in [1.82, 2.24) is 25.3 Å². The monoisotopic (exact) mass is 763 g/mol. The number of hydrogen-bond donors (Lipinski definition) is 7. The van der Waals surface area contributed by atoms with Gasteiger partial charge in [-0.2, -0.15) is 13.2 Å². The van der Waals surface area contributed by atoms with Gasteiger partial charge in [0.2, 0.25) is 5.91 Å². The number of carboxylic acid groups (broad SMARTS) is 1. The van der Waals surface area contributed by atoms with Crippen LogP contribution in [0.5, 0.6) is 5.75 Å².